The Morgan fingerprint density at radius 2 is 2.05 bits per heavy atom. The minimum atomic E-state index is 0.0589. The second-order valence-corrected chi connectivity index (χ2v) is 4.78. The lowest BCUT2D eigenvalue weighted by atomic mass is 10.3. The Balaban J connectivity index is 2.13. The van der Waals surface area contributed by atoms with Crippen molar-refractivity contribution in [2.75, 3.05) is 33.3 Å². The van der Waals surface area contributed by atoms with E-state index in [1.165, 1.54) is 0 Å². The molecule has 0 spiro atoms. The summed E-state index contributed by atoms with van der Waals surface area (Å²) >= 11 is 5.79. The number of benzene rings is 1. The normalized spacial score (nSPS) is 10.5. The summed E-state index contributed by atoms with van der Waals surface area (Å²) in [4.78, 5) is 13.3. The van der Waals surface area contributed by atoms with Gasteiger partial charge in [-0.2, -0.15) is 0 Å². The summed E-state index contributed by atoms with van der Waals surface area (Å²) in [6, 6.07) is 7.30. The van der Waals surface area contributed by atoms with E-state index in [1.54, 1.807) is 12.1 Å². The molecule has 0 saturated carbocycles. The number of nitrogens with one attached hydrogen (secondary N) is 1. The van der Waals surface area contributed by atoms with Gasteiger partial charge >= 0.3 is 0 Å². The third kappa shape index (κ3) is 7.03. The van der Waals surface area contributed by atoms with Crippen LogP contribution in [0.4, 0.5) is 0 Å². The topological polar surface area (TPSA) is 41.6 Å². The number of rotatable bonds is 8. The molecule has 0 heterocycles. The van der Waals surface area contributed by atoms with Crippen molar-refractivity contribution in [3.63, 3.8) is 0 Å². The number of likely N-dealkylation sites (N-methyl/N-ethyl adjacent to an activating group) is 2. The van der Waals surface area contributed by atoms with Crippen LogP contribution in [0.2, 0.25) is 5.02 Å². The van der Waals surface area contributed by atoms with Gasteiger partial charge in [-0.15, -0.1) is 0 Å². The fourth-order valence-corrected chi connectivity index (χ4v) is 1.76. The average Bonchev–Trinajstić information content (AvgIpc) is 2.37. The molecule has 0 aliphatic carbocycles. The average molecular weight is 285 g/mol. The molecule has 1 aromatic carbocycles. The first kappa shape index (κ1) is 15.8. The summed E-state index contributed by atoms with van der Waals surface area (Å²) in [5, 5.41) is 3.48. The van der Waals surface area contributed by atoms with Gasteiger partial charge in [-0.05, 0) is 44.7 Å². The number of nitrogens with zero attached hydrogens (tertiary/aromatic N) is 1. The largest absolute Gasteiger partial charge is 0.494 e. The van der Waals surface area contributed by atoms with Gasteiger partial charge in [0.25, 0.3) is 0 Å². The molecule has 1 amide bonds. The number of carbonyl (C=O) groups is 1. The highest BCUT2D eigenvalue weighted by Gasteiger charge is 2.04. The van der Waals surface area contributed by atoms with Gasteiger partial charge < -0.3 is 10.1 Å². The van der Waals surface area contributed by atoms with Crippen molar-refractivity contribution in [3.05, 3.63) is 29.3 Å². The number of halogens is 1. The smallest absolute Gasteiger partial charge is 0.234 e. The SMILES string of the molecule is CCNC(=O)CN(C)CCCOc1ccc(Cl)cc1. The molecular formula is C14H21ClN2O2. The number of ether oxygens (including phenoxy) is 1. The predicted molar refractivity (Wildman–Crippen MR) is 77.7 cm³/mol. The van der Waals surface area contributed by atoms with Gasteiger partial charge in [0.05, 0.1) is 13.2 Å². The van der Waals surface area contributed by atoms with Crippen LogP contribution in [0.5, 0.6) is 5.75 Å². The molecule has 1 aromatic rings. The van der Waals surface area contributed by atoms with Gasteiger partial charge in [0.1, 0.15) is 5.75 Å². The summed E-state index contributed by atoms with van der Waals surface area (Å²) in [6.07, 6.45) is 0.874. The first-order chi connectivity index (χ1) is 9.11. The van der Waals surface area contributed by atoms with Crippen LogP contribution in [0.1, 0.15) is 13.3 Å². The summed E-state index contributed by atoms with van der Waals surface area (Å²) in [6.45, 7) is 4.46. The standard InChI is InChI=1S/C14H21ClN2O2/c1-3-16-14(18)11-17(2)9-4-10-19-13-7-5-12(15)6-8-13/h5-8H,3-4,9-11H2,1-2H3,(H,16,18). The summed E-state index contributed by atoms with van der Waals surface area (Å²) < 4.78 is 5.58. The predicted octanol–water partition coefficient (Wildman–Crippen LogP) is 2.18. The summed E-state index contributed by atoms with van der Waals surface area (Å²) in [5.74, 6) is 0.874. The Hall–Kier alpha value is -1.26. The van der Waals surface area contributed by atoms with Gasteiger partial charge in [-0.3, -0.25) is 9.69 Å². The van der Waals surface area contributed by atoms with Gasteiger partial charge in [0, 0.05) is 18.1 Å². The van der Waals surface area contributed by atoms with E-state index in [2.05, 4.69) is 5.32 Å². The molecule has 4 nitrogen and oxygen atoms in total. The fourth-order valence-electron chi connectivity index (χ4n) is 1.63. The summed E-state index contributed by atoms with van der Waals surface area (Å²) in [7, 11) is 1.93. The van der Waals surface area contributed by atoms with E-state index in [1.807, 2.05) is 31.0 Å². The first-order valence-corrected chi connectivity index (χ1v) is 6.83. The van der Waals surface area contributed by atoms with Crippen LogP contribution < -0.4 is 10.1 Å². The lowest BCUT2D eigenvalue weighted by Crippen LogP contribution is -2.35. The van der Waals surface area contributed by atoms with Gasteiger partial charge in [-0.25, -0.2) is 0 Å². The van der Waals surface area contributed by atoms with E-state index in [9.17, 15) is 4.79 Å². The quantitative estimate of drug-likeness (QED) is 0.744. The van der Waals surface area contributed by atoms with Crippen LogP contribution in [0, 0.1) is 0 Å². The van der Waals surface area contributed by atoms with E-state index in [0.717, 1.165) is 18.7 Å². The van der Waals surface area contributed by atoms with Crippen molar-refractivity contribution in [3.8, 4) is 5.75 Å². The van der Waals surface area contributed by atoms with Crippen LogP contribution in [0.25, 0.3) is 0 Å². The number of amides is 1. The van der Waals surface area contributed by atoms with Gasteiger partial charge in [-0.1, -0.05) is 11.6 Å². The maximum atomic E-state index is 11.3. The lowest BCUT2D eigenvalue weighted by molar-refractivity contribution is -0.121. The highest BCUT2D eigenvalue weighted by Crippen LogP contribution is 2.15. The fraction of sp³-hybridized carbons (Fsp3) is 0.500. The molecule has 0 bridgehead atoms. The number of hydrogen-bond acceptors (Lipinski definition) is 3. The van der Waals surface area contributed by atoms with Crippen LogP contribution >= 0.6 is 11.6 Å². The highest BCUT2D eigenvalue weighted by atomic mass is 35.5. The number of carbonyl (C=O) groups excluding carboxylic acids is 1. The zero-order chi connectivity index (χ0) is 14.1. The molecule has 1 rings (SSSR count). The molecular weight excluding hydrogens is 264 g/mol. The van der Waals surface area contributed by atoms with Crippen LogP contribution in [0.3, 0.4) is 0 Å². The number of hydrogen-bond donors (Lipinski definition) is 1. The second kappa shape index (κ2) is 8.77. The Kier molecular flexibility index (Phi) is 7.30. The van der Waals surface area contributed by atoms with Crippen molar-refractivity contribution in [2.45, 2.75) is 13.3 Å². The molecule has 106 valence electrons. The van der Waals surface area contributed by atoms with Crippen LogP contribution in [-0.2, 0) is 4.79 Å². The molecule has 0 aliphatic rings. The Labute approximate surface area is 119 Å². The van der Waals surface area contributed by atoms with E-state index < -0.39 is 0 Å². The van der Waals surface area contributed by atoms with Crippen LogP contribution in [0.15, 0.2) is 24.3 Å². The van der Waals surface area contributed by atoms with Crippen molar-refractivity contribution < 1.29 is 9.53 Å². The van der Waals surface area contributed by atoms with Crippen LogP contribution in [-0.4, -0.2) is 44.1 Å². The van der Waals surface area contributed by atoms with Crippen molar-refractivity contribution in [2.24, 2.45) is 0 Å². The van der Waals surface area contributed by atoms with E-state index in [0.29, 0.717) is 24.7 Å². The Morgan fingerprint density at radius 1 is 1.37 bits per heavy atom. The molecule has 0 aliphatic heterocycles. The Morgan fingerprint density at radius 3 is 2.68 bits per heavy atom. The van der Waals surface area contributed by atoms with E-state index in [-0.39, 0.29) is 5.91 Å². The monoisotopic (exact) mass is 284 g/mol. The van der Waals surface area contributed by atoms with Gasteiger partial charge in [0.2, 0.25) is 5.91 Å². The summed E-state index contributed by atoms with van der Waals surface area (Å²) in [5.41, 5.74) is 0. The molecule has 0 radical (unpaired) electrons. The van der Waals surface area contributed by atoms with E-state index in [4.69, 9.17) is 16.3 Å². The minimum Gasteiger partial charge on any atom is -0.494 e. The maximum absolute atomic E-state index is 11.3. The first-order valence-electron chi connectivity index (χ1n) is 6.45. The molecule has 0 unspecified atom stereocenters. The van der Waals surface area contributed by atoms with Crippen molar-refractivity contribution >= 4 is 17.5 Å². The maximum Gasteiger partial charge on any atom is 0.234 e. The minimum absolute atomic E-state index is 0.0589. The molecule has 19 heavy (non-hydrogen) atoms. The second-order valence-electron chi connectivity index (χ2n) is 4.35. The Bertz CT molecular complexity index is 382. The van der Waals surface area contributed by atoms with Crippen molar-refractivity contribution in [1.82, 2.24) is 10.2 Å². The molecule has 5 heteroatoms. The van der Waals surface area contributed by atoms with E-state index >= 15 is 0 Å². The molecule has 0 saturated heterocycles. The zero-order valence-corrected chi connectivity index (χ0v) is 12.2. The molecule has 0 fully saturated rings. The molecule has 0 atom stereocenters. The third-order valence-corrected chi connectivity index (χ3v) is 2.81. The third-order valence-electron chi connectivity index (χ3n) is 2.55. The zero-order valence-electron chi connectivity index (χ0n) is 11.5. The molecule has 1 N–H and O–H groups in total. The lowest BCUT2D eigenvalue weighted by Gasteiger charge is -2.16. The highest BCUT2D eigenvalue weighted by molar-refractivity contribution is 6.30. The van der Waals surface area contributed by atoms with Crippen molar-refractivity contribution in [1.29, 1.82) is 0 Å². The molecule has 0 aromatic heterocycles. The van der Waals surface area contributed by atoms with Gasteiger partial charge in [0.15, 0.2) is 0 Å².